The topological polar surface area (TPSA) is 76.6 Å². The first-order valence-electron chi connectivity index (χ1n) is 11.5. The summed E-state index contributed by atoms with van der Waals surface area (Å²) in [6.07, 6.45) is 3.22. The summed E-state index contributed by atoms with van der Waals surface area (Å²) in [4.78, 5) is 23.7. The van der Waals surface area contributed by atoms with Gasteiger partial charge < -0.3 is 19.7 Å². The van der Waals surface area contributed by atoms with Crippen molar-refractivity contribution in [2.45, 2.75) is 19.8 Å². The van der Waals surface area contributed by atoms with Crippen LogP contribution in [0.4, 0.5) is 5.82 Å². The molecule has 1 N–H and O–H groups in total. The van der Waals surface area contributed by atoms with Gasteiger partial charge in [-0.3, -0.25) is 4.79 Å². The molecule has 2 heterocycles. The molecule has 7 nitrogen and oxygen atoms in total. The second kappa shape index (κ2) is 11.3. The van der Waals surface area contributed by atoms with Crippen LogP contribution >= 0.6 is 0 Å². The number of benzene rings is 2. The Morgan fingerprint density at radius 3 is 2.39 bits per heavy atom. The maximum Gasteiger partial charge on any atom is 0.223 e. The number of piperidine rings is 1. The summed E-state index contributed by atoms with van der Waals surface area (Å²) < 4.78 is 11.1. The number of aromatic nitrogens is 2. The Morgan fingerprint density at radius 2 is 1.70 bits per heavy atom. The Kier molecular flexibility index (Phi) is 7.74. The van der Waals surface area contributed by atoms with Crippen molar-refractivity contribution in [2.24, 2.45) is 5.92 Å². The minimum Gasteiger partial charge on any atom is -0.494 e. The molecule has 1 aliphatic heterocycles. The number of anilines is 1. The van der Waals surface area contributed by atoms with Crippen molar-refractivity contribution < 1.29 is 14.3 Å². The molecule has 4 rings (SSSR count). The van der Waals surface area contributed by atoms with Gasteiger partial charge in [-0.05, 0) is 44.0 Å². The number of hydrogen-bond donors (Lipinski definition) is 1. The molecule has 1 aromatic heterocycles. The van der Waals surface area contributed by atoms with Crippen molar-refractivity contribution in [3.05, 3.63) is 67.0 Å². The summed E-state index contributed by atoms with van der Waals surface area (Å²) in [7, 11) is 0. The van der Waals surface area contributed by atoms with Gasteiger partial charge in [-0.1, -0.05) is 30.3 Å². The first-order chi connectivity index (χ1) is 16.2. The Morgan fingerprint density at radius 1 is 1.00 bits per heavy atom. The Labute approximate surface area is 194 Å². The van der Waals surface area contributed by atoms with Gasteiger partial charge >= 0.3 is 0 Å². The average Bonchev–Trinajstić information content (AvgIpc) is 2.88. The molecule has 0 atom stereocenters. The molecule has 1 fully saturated rings. The molecule has 0 bridgehead atoms. The number of amides is 1. The number of carbonyl (C=O) groups is 1. The van der Waals surface area contributed by atoms with Crippen LogP contribution in [-0.4, -0.2) is 48.7 Å². The molecular formula is C26H30N4O3. The van der Waals surface area contributed by atoms with Gasteiger partial charge in [-0.25, -0.2) is 9.97 Å². The van der Waals surface area contributed by atoms with Crippen LogP contribution in [0.1, 0.15) is 19.8 Å². The molecule has 1 amide bonds. The lowest BCUT2D eigenvalue weighted by molar-refractivity contribution is -0.125. The normalized spacial score (nSPS) is 14.0. The lowest BCUT2D eigenvalue weighted by atomic mass is 9.96. The molecule has 7 heteroatoms. The highest BCUT2D eigenvalue weighted by molar-refractivity contribution is 5.79. The van der Waals surface area contributed by atoms with Crippen LogP contribution < -0.4 is 19.7 Å². The number of carbonyl (C=O) groups excluding carboxylic acids is 1. The van der Waals surface area contributed by atoms with Crippen LogP contribution in [0.25, 0.3) is 11.3 Å². The van der Waals surface area contributed by atoms with E-state index in [0.717, 1.165) is 54.5 Å². The van der Waals surface area contributed by atoms with Gasteiger partial charge in [0.15, 0.2) is 0 Å². The first-order valence-corrected chi connectivity index (χ1v) is 11.5. The zero-order valence-electron chi connectivity index (χ0n) is 18.9. The molecule has 0 unspecified atom stereocenters. The van der Waals surface area contributed by atoms with Gasteiger partial charge in [0.05, 0.1) is 18.8 Å². The van der Waals surface area contributed by atoms with E-state index in [2.05, 4.69) is 20.2 Å². The summed E-state index contributed by atoms with van der Waals surface area (Å²) in [5.74, 6) is 2.61. The summed E-state index contributed by atoms with van der Waals surface area (Å²) in [6, 6.07) is 19.6. The smallest absolute Gasteiger partial charge is 0.223 e. The summed E-state index contributed by atoms with van der Waals surface area (Å²) in [5.41, 5.74) is 1.98. The third kappa shape index (κ3) is 6.22. The molecule has 0 spiro atoms. The van der Waals surface area contributed by atoms with Gasteiger partial charge in [0.2, 0.25) is 5.91 Å². The molecule has 0 saturated carbocycles. The van der Waals surface area contributed by atoms with E-state index in [9.17, 15) is 4.79 Å². The van der Waals surface area contributed by atoms with E-state index in [1.54, 1.807) is 6.33 Å². The molecule has 1 aliphatic rings. The standard InChI is InChI=1S/C26H30N4O3/c1-2-32-22-8-10-23(11-9-22)33-17-14-27-26(31)21-12-15-30(16-13-21)25-18-24(28-19-29-25)20-6-4-3-5-7-20/h3-11,18-19,21H,2,12-17H2,1H3,(H,27,31). The molecule has 2 aromatic carbocycles. The fraction of sp³-hybridized carbons (Fsp3) is 0.346. The average molecular weight is 447 g/mol. The largest absolute Gasteiger partial charge is 0.494 e. The van der Waals surface area contributed by atoms with Gasteiger partial charge in [0, 0.05) is 30.6 Å². The number of nitrogens with one attached hydrogen (secondary N) is 1. The summed E-state index contributed by atoms with van der Waals surface area (Å²) in [5, 5.41) is 3.01. The monoisotopic (exact) mass is 446 g/mol. The van der Waals surface area contributed by atoms with Crippen LogP contribution in [0.15, 0.2) is 67.0 Å². The second-order valence-corrected chi connectivity index (χ2v) is 7.93. The summed E-state index contributed by atoms with van der Waals surface area (Å²) >= 11 is 0. The molecule has 0 aliphatic carbocycles. The number of hydrogen-bond acceptors (Lipinski definition) is 6. The maximum atomic E-state index is 12.6. The third-order valence-electron chi connectivity index (χ3n) is 5.72. The van der Waals surface area contributed by atoms with Crippen molar-refractivity contribution in [3.8, 4) is 22.8 Å². The van der Waals surface area contributed by atoms with E-state index in [0.29, 0.717) is 19.8 Å². The number of rotatable bonds is 9. The fourth-order valence-corrected chi connectivity index (χ4v) is 3.94. The fourth-order valence-electron chi connectivity index (χ4n) is 3.94. The van der Waals surface area contributed by atoms with E-state index < -0.39 is 0 Å². The first kappa shape index (κ1) is 22.6. The van der Waals surface area contributed by atoms with Gasteiger partial charge in [0.1, 0.15) is 30.3 Å². The molecule has 0 radical (unpaired) electrons. The van der Waals surface area contributed by atoms with Crippen molar-refractivity contribution in [1.82, 2.24) is 15.3 Å². The van der Waals surface area contributed by atoms with Gasteiger partial charge in [0.25, 0.3) is 0 Å². The predicted molar refractivity (Wildman–Crippen MR) is 129 cm³/mol. The SMILES string of the molecule is CCOc1ccc(OCCNC(=O)C2CCN(c3cc(-c4ccccc4)ncn3)CC2)cc1. The second-order valence-electron chi connectivity index (χ2n) is 7.93. The zero-order chi connectivity index (χ0) is 22.9. The highest BCUT2D eigenvalue weighted by atomic mass is 16.5. The van der Waals surface area contributed by atoms with Crippen molar-refractivity contribution in [1.29, 1.82) is 0 Å². The predicted octanol–water partition coefficient (Wildman–Crippen LogP) is 3.95. The highest BCUT2D eigenvalue weighted by Gasteiger charge is 2.25. The van der Waals surface area contributed by atoms with E-state index in [1.165, 1.54) is 0 Å². The molecular weight excluding hydrogens is 416 g/mol. The third-order valence-corrected chi connectivity index (χ3v) is 5.72. The zero-order valence-corrected chi connectivity index (χ0v) is 18.9. The minimum absolute atomic E-state index is 0.0159. The van der Waals surface area contributed by atoms with Crippen molar-refractivity contribution >= 4 is 11.7 Å². The molecule has 3 aromatic rings. The Bertz CT molecular complexity index is 1020. The Hall–Kier alpha value is -3.61. The molecule has 172 valence electrons. The Balaban J connectivity index is 1.20. The van der Waals surface area contributed by atoms with E-state index in [1.807, 2.05) is 67.6 Å². The van der Waals surface area contributed by atoms with Crippen molar-refractivity contribution in [2.75, 3.05) is 37.7 Å². The quantitative estimate of drug-likeness (QED) is 0.502. The van der Waals surface area contributed by atoms with E-state index in [-0.39, 0.29) is 11.8 Å². The number of ether oxygens (including phenoxy) is 2. The van der Waals surface area contributed by atoms with Crippen LogP contribution in [0.3, 0.4) is 0 Å². The molecule has 1 saturated heterocycles. The maximum absolute atomic E-state index is 12.6. The van der Waals surface area contributed by atoms with Crippen molar-refractivity contribution in [3.63, 3.8) is 0 Å². The van der Waals surface area contributed by atoms with Crippen LogP contribution in [-0.2, 0) is 4.79 Å². The van der Waals surface area contributed by atoms with Crippen LogP contribution in [0.5, 0.6) is 11.5 Å². The lowest BCUT2D eigenvalue weighted by Gasteiger charge is -2.32. The molecule has 33 heavy (non-hydrogen) atoms. The summed E-state index contributed by atoms with van der Waals surface area (Å²) in [6.45, 7) is 5.10. The van der Waals surface area contributed by atoms with Crippen LogP contribution in [0.2, 0.25) is 0 Å². The lowest BCUT2D eigenvalue weighted by Crippen LogP contribution is -2.41. The van der Waals surface area contributed by atoms with E-state index in [4.69, 9.17) is 9.47 Å². The van der Waals surface area contributed by atoms with Crippen LogP contribution in [0, 0.1) is 5.92 Å². The van der Waals surface area contributed by atoms with Gasteiger partial charge in [-0.2, -0.15) is 0 Å². The van der Waals surface area contributed by atoms with E-state index >= 15 is 0 Å². The highest BCUT2D eigenvalue weighted by Crippen LogP contribution is 2.25. The van der Waals surface area contributed by atoms with Gasteiger partial charge in [-0.15, -0.1) is 0 Å². The number of nitrogens with zero attached hydrogens (tertiary/aromatic N) is 3. The minimum atomic E-state index is 0.0159.